The Kier molecular flexibility index (Phi) is 8.12. The Hall–Kier alpha value is -2.36. The molecular weight excluding hydrogens is 560 g/mol. The van der Waals surface area contributed by atoms with Gasteiger partial charge in [-0.2, -0.15) is 0 Å². The van der Waals surface area contributed by atoms with E-state index < -0.39 is 22.5 Å². The van der Waals surface area contributed by atoms with E-state index >= 15 is 0 Å². The summed E-state index contributed by atoms with van der Waals surface area (Å²) < 4.78 is 24.0. The first kappa shape index (κ1) is 31.1. The Morgan fingerprint density at radius 3 is 2.55 bits per heavy atom. The van der Waals surface area contributed by atoms with Crippen LogP contribution in [0.5, 0.6) is 0 Å². The van der Waals surface area contributed by atoms with E-state index in [1.165, 1.54) is 0 Å². The number of halogens is 1. The zero-order chi connectivity index (χ0) is 29.2. The van der Waals surface area contributed by atoms with Crippen molar-refractivity contribution >= 4 is 30.1 Å². The van der Waals surface area contributed by atoms with E-state index in [0.717, 1.165) is 49.3 Å². The van der Waals surface area contributed by atoms with Gasteiger partial charge in [0.15, 0.2) is 0 Å². The van der Waals surface area contributed by atoms with E-state index in [-0.39, 0.29) is 54.1 Å². The molecular formula is C32H45ClN2O7. The molecule has 0 bridgehead atoms. The number of carbonyl (C=O) groups is 2. The fourth-order valence-electron chi connectivity index (χ4n) is 9.30. The second-order valence-corrected chi connectivity index (χ2v) is 13.5. The van der Waals surface area contributed by atoms with Gasteiger partial charge >= 0.3 is 11.9 Å². The number of hydrogen-bond donors (Lipinski definition) is 0. The largest absolute Gasteiger partial charge is 0.472 e. The molecule has 3 aliphatic heterocycles. The second kappa shape index (κ2) is 11.0. The van der Waals surface area contributed by atoms with Gasteiger partial charge in [-0.15, -0.1) is 12.4 Å². The molecule has 4 heterocycles. The molecule has 5 aliphatic rings. The minimum Gasteiger partial charge on any atom is -0.472 e. The highest BCUT2D eigenvalue weighted by molar-refractivity contribution is 5.97. The van der Waals surface area contributed by atoms with Gasteiger partial charge in [-0.1, -0.05) is 32.9 Å². The van der Waals surface area contributed by atoms with E-state index in [1.54, 1.807) is 18.6 Å². The Morgan fingerprint density at radius 1 is 1.10 bits per heavy atom. The average Bonchev–Trinajstić information content (AvgIpc) is 3.53. The third kappa shape index (κ3) is 4.44. The number of carbonyl (C=O) groups excluding carboxylic acids is 2. The summed E-state index contributed by atoms with van der Waals surface area (Å²) in [5.41, 5.74) is 0.857. The van der Waals surface area contributed by atoms with Gasteiger partial charge in [0.25, 0.3) is 0 Å². The van der Waals surface area contributed by atoms with Crippen LogP contribution in [-0.4, -0.2) is 67.1 Å². The van der Waals surface area contributed by atoms with Gasteiger partial charge in [0.2, 0.25) is 0 Å². The molecule has 0 amide bonds. The maximum absolute atomic E-state index is 13.2. The average molecular weight is 605 g/mol. The van der Waals surface area contributed by atoms with Crippen LogP contribution in [0.1, 0.15) is 78.9 Å². The molecule has 2 saturated carbocycles. The van der Waals surface area contributed by atoms with Gasteiger partial charge in [0.05, 0.1) is 36.4 Å². The maximum atomic E-state index is 13.2. The Bertz CT molecular complexity index is 1260. The number of cyclic esters (lactones) is 2. The summed E-state index contributed by atoms with van der Waals surface area (Å²) in [7, 11) is 0. The van der Waals surface area contributed by atoms with Crippen molar-refractivity contribution in [2.75, 3.05) is 32.8 Å². The first-order chi connectivity index (χ1) is 19.5. The molecule has 6 rings (SSSR count). The number of nitrogens with zero attached hydrogens (tertiary/aromatic N) is 2. The Morgan fingerprint density at radius 2 is 1.86 bits per heavy atom. The van der Waals surface area contributed by atoms with Crippen molar-refractivity contribution in [3.63, 3.8) is 0 Å². The molecule has 0 unspecified atom stereocenters. The number of rotatable bonds is 7. The Balaban J connectivity index is 0.00000353. The molecule has 4 fully saturated rings. The predicted octanol–water partition coefficient (Wildman–Crippen LogP) is 5.49. The van der Waals surface area contributed by atoms with Crippen LogP contribution in [0.25, 0.3) is 0 Å². The van der Waals surface area contributed by atoms with Crippen LogP contribution >= 0.6 is 12.4 Å². The smallest absolute Gasteiger partial charge is 0.331 e. The van der Waals surface area contributed by atoms with Crippen molar-refractivity contribution in [1.82, 2.24) is 4.90 Å². The van der Waals surface area contributed by atoms with Gasteiger partial charge in [-0.3, -0.25) is 4.79 Å². The van der Waals surface area contributed by atoms with Crippen LogP contribution in [0.4, 0.5) is 0 Å². The minimum atomic E-state index is -0.619. The molecule has 232 valence electrons. The molecule has 1 aromatic heterocycles. The predicted molar refractivity (Wildman–Crippen MR) is 158 cm³/mol. The van der Waals surface area contributed by atoms with Crippen molar-refractivity contribution in [2.45, 2.75) is 85.0 Å². The molecule has 1 aromatic rings. The second-order valence-electron chi connectivity index (χ2n) is 13.5. The molecule has 9 nitrogen and oxygen atoms in total. The van der Waals surface area contributed by atoms with E-state index in [1.807, 2.05) is 6.07 Å². The molecule has 0 N–H and O–H groups in total. The molecule has 1 spiro atoms. The summed E-state index contributed by atoms with van der Waals surface area (Å²) in [6.07, 6.45) is 6.81. The highest BCUT2D eigenvalue weighted by Crippen LogP contribution is 2.72. The van der Waals surface area contributed by atoms with Crippen molar-refractivity contribution in [2.24, 2.45) is 33.2 Å². The van der Waals surface area contributed by atoms with Crippen LogP contribution in [-0.2, 0) is 28.6 Å². The summed E-state index contributed by atoms with van der Waals surface area (Å²) in [6, 6.07) is 1.88. The van der Waals surface area contributed by atoms with Gasteiger partial charge in [0, 0.05) is 40.3 Å². The first-order valence-electron chi connectivity index (χ1n) is 15.2. The van der Waals surface area contributed by atoms with Crippen LogP contribution in [0.3, 0.4) is 0 Å². The van der Waals surface area contributed by atoms with E-state index in [2.05, 4.69) is 46.4 Å². The van der Waals surface area contributed by atoms with Crippen LogP contribution in [0.2, 0.25) is 0 Å². The normalized spacial score (nSPS) is 39.2. The number of hydrogen-bond acceptors (Lipinski definition) is 9. The Labute approximate surface area is 254 Å². The SMILES string of the molecule is CCN(CC)CCO/N=C1/C[C@H]2C(C)(C)O[C@H]3CC(=O)OC[C@]32[C@H]2CC[C@]3(C)C(=CC(=O)O[C@H]3c3ccoc3)[C@]12C.Cl. The summed E-state index contributed by atoms with van der Waals surface area (Å²) in [4.78, 5) is 34.2. The van der Waals surface area contributed by atoms with Crippen LogP contribution < -0.4 is 0 Å². The molecule has 7 atom stereocenters. The summed E-state index contributed by atoms with van der Waals surface area (Å²) in [6.45, 7) is 16.5. The third-order valence-electron chi connectivity index (χ3n) is 11.3. The fraction of sp³-hybridized carbons (Fsp3) is 0.719. The van der Waals surface area contributed by atoms with E-state index in [0.29, 0.717) is 19.6 Å². The van der Waals surface area contributed by atoms with Gasteiger partial charge in [-0.05, 0) is 63.8 Å². The molecule has 42 heavy (non-hydrogen) atoms. The van der Waals surface area contributed by atoms with Gasteiger partial charge < -0.3 is 28.4 Å². The first-order valence-corrected chi connectivity index (χ1v) is 15.2. The zero-order valence-corrected chi connectivity index (χ0v) is 26.5. The molecule has 0 aromatic carbocycles. The number of ether oxygens (including phenoxy) is 3. The van der Waals surface area contributed by atoms with Crippen molar-refractivity contribution in [3.8, 4) is 0 Å². The fourth-order valence-corrected chi connectivity index (χ4v) is 9.30. The monoisotopic (exact) mass is 604 g/mol. The number of oxime groups is 1. The van der Waals surface area contributed by atoms with Gasteiger partial charge in [-0.25, -0.2) is 4.79 Å². The van der Waals surface area contributed by atoms with Crippen molar-refractivity contribution < 1.29 is 33.1 Å². The lowest BCUT2D eigenvalue weighted by atomic mass is 9.39. The highest BCUT2D eigenvalue weighted by atomic mass is 35.5. The zero-order valence-electron chi connectivity index (χ0n) is 25.6. The molecule has 0 radical (unpaired) electrons. The van der Waals surface area contributed by atoms with Crippen LogP contribution in [0, 0.1) is 28.1 Å². The quantitative estimate of drug-likeness (QED) is 0.229. The maximum Gasteiger partial charge on any atom is 0.331 e. The number of likely N-dealkylation sites (N-methyl/N-ethyl adjacent to an activating group) is 1. The van der Waals surface area contributed by atoms with E-state index in [9.17, 15) is 9.59 Å². The lowest BCUT2D eigenvalue weighted by molar-refractivity contribution is -0.181. The van der Waals surface area contributed by atoms with Gasteiger partial charge in [0.1, 0.15) is 19.3 Å². The number of furan rings is 1. The summed E-state index contributed by atoms with van der Waals surface area (Å²) >= 11 is 0. The number of esters is 2. The summed E-state index contributed by atoms with van der Waals surface area (Å²) in [5, 5.41) is 4.91. The number of fused-ring (bicyclic) bond motifs is 3. The van der Waals surface area contributed by atoms with Crippen molar-refractivity contribution in [1.29, 1.82) is 0 Å². The highest BCUT2D eigenvalue weighted by Gasteiger charge is 2.74. The third-order valence-corrected chi connectivity index (χ3v) is 11.3. The lowest BCUT2D eigenvalue weighted by Gasteiger charge is -2.64. The summed E-state index contributed by atoms with van der Waals surface area (Å²) in [5.74, 6) is -0.448. The molecule has 10 heteroatoms. The minimum absolute atomic E-state index is 0. The van der Waals surface area contributed by atoms with Crippen LogP contribution in [0.15, 0.2) is 39.8 Å². The van der Waals surface area contributed by atoms with E-state index in [4.69, 9.17) is 28.6 Å². The topological polar surface area (TPSA) is 99.8 Å². The molecule has 2 saturated heterocycles. The molecule has 2 aliphatic carbocycles. The van der Waals surface area contributed by atoms with Crippen molar-refractivity contribution in [3.05, 3.63) is 35.8 Å². The standard InChI is InChI=1S/C32H44N2O7.ClH/c1-7-34(8-2)12-14-39-33-24-15-22-29(3,4)41-25-17-26(35)38-19-32(22,25)21-9-11-30(5)23(31(21,24)6)16-27(36)40-28(30)20-10-13-37-18-20;/h10,13,16,18,21-22,25,28H,7-9,11-12,14-15,17,19H2,1-6H3;1H/b33-24-;/t21-,22-,25-,28-,30+,31+,32+;/m0./s1. The lowest BCUT2D eigenvalue weighted by Crippen LogP contribution is -2.66.